The number of hydrogen-bond acceptors (Lipinski definition) is 6. The number of carbonyl (C=O) groups is 2. The molecular weight excluding hydrogens is 418 g/mol. The molecule has 0 bridgehead atoms. The van der Waals surface area contributed by atoms with E-state index in [0.29, 0.717) is 57.8 Å². The first-order valence-electron chi connectivity index (χ1n) is 11.6. The van der Waals surface area contributed by atoms with Crippen molar-refractivity contribution in [3.05, 3.63) is 41.6 Å². The number of amides is 1. The van der Waals surface area contributed by atoms with Crippen LogP contribution >= 0.6 is 0 Å². The predicted molar refractivity (Wildman–Crippen MR) is 126 cm³/mol. The fraction of sp³-hybridized carbons (Fsp3) is 0.520. The molecule has 2 N–H and O–H groups in total. The standard InChI is InChI=1S/C25H33N5O3/c1-18(28-2)22(7-4-14-31)30-17-21-20(25(30)27)6-3-8-23(21)33-15-5-9-24(32)29-12-10-19(16-26)11-13-29/h3,6,8,14,19,22,27-28H,1,4-5,7,9-13,15,17H2,2H3. The molecule has 1 fully saturated rings. The van der Waals surface area contributed by atoms with Gasteiger partial charge in [-0.2, -0.15) is 5.26 Å². The lowest BCUT2D eigenvalue weighted by molar-refractivity contribution is -0.132. The van der Waals surface area contributed by atoms with Gasteiger partial charge in [0, 0.05) is 62.3 Å². The summed E-state index contributed by atoms with van der Waals surface area (Å²) in [6, 6.07) is 7.82. The number of ether oxygens (including phenoxy) is 1. The summed E-state index contributed by atoms with van der Waals surface area (Å²) >= 11 is 0. The van der Waals surface area contributed by atoms with E-state index in [0.717, 1.165) is 41.7 Å². The molecular formula is C25H33N5O3. The molecule has 8 heteroatoms. The van der Waals surface area contributed by atoms with Gasteiger partial charge in [-0.15, -0.1) is 0 Å². The van der Waals surface area contributed by atoms with Crippen LogP contribution in [0, 0.1) is 22.7 Å². The fourth-order valence-electron chi connectivity index (χ4n) is 4.49. The number of carbonyl (C=O) groups excluding carboxylic acids is 2. The number of rotatable bonds is 11. The maximum atomic E-state index is 12.4. The molecule has 176 valence electrons. The molecule has 33 heavy (non-hydrogen) atoms. The highest BCUT2D eigenvalue weighted by Crippen LogP contribution is 2.34. The van der Waals surface area contributed by atoms with Gasteiger partial charge in [-0.1, -0.05) is 18.7 Å². The van der Waals surface area contributed by atoms with Crippen molar-refractivity contribution in [3.8, 4) is 11.8 Å². The largest absolute Gasteiger partial charge is 0.493 e. The first kappa shape index (κ1) is 24.3. The van der Waals surface area contributed by atoms with Crippen molar-refractivity contribution in [2.75, 3.05) is 26.7 Å². The Kier molecular flexibility index (Phi) is 8.47. The maximum absolute atomic E-state index is 12.4. The second-order valence-corrected chi connectivity index (χ2v) is 8.53. The Bertz CT molecular complexity index is 930. The molecule has 0 saturated carbocycles. The second-order valence-electron chi connectivity index (χ2n) is 8.53. The topological polar surface area (TPSA) is 110 Å². The Hall–Kier alpha value is -3.34. The van der Waals surface area contributed by atoms with E-state index in [-0.39, 0.29) is 17.9 Å². The lowest BCUT2D eigenvalue weighted by atomic mass is 9.98. The zero-order chi connectivity index (χ0) is 23.8. The quantitative estimate of drug-likeness (QED) is 0.395. The van der Waals surface area contributed by atoms with Crippen LogP contribution in [0.15, 0.2) is 30.5 Å². The van der Waals surface area contributed by atoms with Gasteiger partial charge < -0.3 is 24.6 Å². The van der Waals surface area contributed by atoms with Crippen molar-refractivity contribution in [2.24, 2.45) is 5.92 Å². The summed E-state index contributed by atoms with van der Waals surface area (Å²) in [6.45, 7) is 6.32. The molecule has 0 spiro atoms. The van der Waals surface area contributed by atoms with Gasteiger partial charge in [-0.25, -0.2) is 0 Å². The van der Waals surface area contributed by atoms with E-state index >= 15 is 0 Å². The van der Waals surface area contributed by atoms with Crippen LogP contribution in [-0.4, -0.2) is 60.6 Å². The highest BCUT2D eigenvalue weighted by atomic mass is 16.5. The zero-order valence-corrected chi connectivity index (χ0v) is 19.3. The van der Waals surface area contributed by atoms with E-state index in [4.69, 9.17) is 15.4 Å². The van der Waals surface area contributed by atoms with Crippen molar-refractivity contribution in [3.63, 3.8) is 0 Å². The van der Waals surface area contributed by atoms with Crippen LogP contribution in [0.5, 0.6) is 5.75 Å². The minimum absolute atomic E-state index is 0.0687. The number of likely N-dealkylation sites (tertiary alicyclic amines) is 1. The van der Waals surface area contributed by atoms with E-state index in [1.807, 2.05) is 28.0 Å². The molecule has 1 aromatic rings. The minimum Gasteiger partial charge on any atom is -0.493 e. The van der Waals surface area contributed by atoms with Gasteiger partial charge >= 0.3 is 0 Å². The number of likely N-dealkylation sites (N-methyl/N-ethyl adjacent to an activating group) is 1. The first-order chi connectivity index (χ1) is 16.0. The van der Waals surface area contributed by atoms with Crippen LogP contribution in [0.4, 0.5) is 0 Å². The summed E-state index contributed by atoms with van der Waals surface area (Å²) in [5.74, 6) is 1.31. The van der Waals surface area contributed by atoms with Crippen LogP contribution in [0.25, 0.3) is 0 Å². The highest BCUT2D eigenvalue weighted by molar-refractivity contribution is 6.01. The molecule has 1 amide bonds. The Labute approximate surface area is 195 Å². The van der Waals surface area contributed by atoms with Gasteiger partial charge in [-0.05, 0) is 31.7 Å². The van der Waals surface area contributed by atoms with Crippen molar-refractivity contribution in [1.29, 1.82) is 10.7 Å². The summed E-state index contributed by atoms with van der Waals surface area (Å²) in [6.07, 6.45) is 4.42. The van der Waals surface area contributed by atoms with Gasteiger partial charge in [0.25, 0.3) is 0 Å². The number of nitrogens with zero attached hydrogens (tertiary/aromatic N) is 3. The van der Waals surface area contributed by atoms with Crippen molar-refractivity contribution < 1.29 is 14.3 Å². The third-order valence-corrected chi connectivity index (χ3v) is 6.48. The number of benzene rings is 1. The molecule has 2 heterocycles. The fourth-order valence-corrected chi connectivity index (χ4v) is 4.49. The summed E-state index contributed by atoms with van der Waals surface area (Å²) in [7, 11) is 1.80. The van der Waals surface area contributed by atoms with Crippen molar-refractivity contribution in [2.45, 2.75) is 51.1 Å². The molecule has 3 rings (SSSR count). The molecule has 0 aliphatic carbocycles. The Morgan fingerprint density at radius 2 is 2.18 bits per heavy atom. The van der Waals surface area contributed by atoms with Crippen LogP contribution in [0.3, 0.4) is 0 Å². The average Bonchev–Trinajstić information content (AvgIpc) is 3.18. The van der Waals surface area contributed by atoms with Crippen molar-refractivity contribution in [1.82, 2.24) is 15.1 Å². The molecule has 0 aromatic heterocycles. The van der Waals surface area contributed by atoms with Gasteiger partial charge in [0.2, 0.25) is 5.91 Å². The lowest BCUT2D eigenvalue weighted by Gasteiger charge is -2.30. The normalized spacial score (nSPS) is 16.7. The zero-order valence-electron chi connectivity index (χ0n) is 19.3. The van der Waals surface area contributed by atoms with Crippen LogP contribution in [-0.2, 0) is 16.1 Å². The number of hydrogen-bond donors (Lipinski definition) is 2. The van der Waals surface area contributed by atoms with Crippen LogP contribution in [0.1, 0.15) is 49.7 Å². The number of nitrogens with one attached hydrogen (secondary N) is 2. The van der Waals surface area contributed by atoms with E-state index in [1.54, 1.807) is 7.05 Å². The van der Waals surface area contributed by atoms with E-state index in [9.17, 15) is 9.59 Å². The third kappa shape index (κ3) is 5.72. The number of amidine groups is 1. The average molecular weight is 452 g/mol. The van der Waals surface area contributed by atoms with Crippen molar-refractivity contribution >= 4 is 18.0 Å². The Morgan fingerprint density at radius 1 is 1.42 bits per heavy atom. The highest BCUT2D eigenvalue weighted by Gasteiger charge is 2.33. The Morgan fingerprint density at radius 3 is 2.85 bits per heavy atom. The maximum Gasteiger partial charge on any atom is 0.222 e. The third-order valence-electron chi connectivity index (χ3n) is 6.48. The molecule has 2 aliphatic rings. The van der Waals surface area contributed by atoms with Gasteiger partial charge in [-0.3, -0.25) is 10.2 Å². The van der Waals surface area contributed by atoms with Crippen LogP contribution in [0.2, 0.25) is 0 Å². The van der Waals surface area contributed by atoms with E-state index < -0.39 is 0 Å². The molecule has 8 nitrogen and oxygen atoms in total. The number of piperidine rings is 1. The minimum atomic E-state index is -0.157. The first-order valence-corrected chi connectivity index (χ1v) is 11.6. The number of aldehydes is 1. The number of fused-ring (bicyclic) bond motifs is 1. The van der Waals surface area contributed by atoms with Gasteiger partial charge in [0.05, 0.1) is 18.7 Å². The second kappa shape index (κ2) is 11.5. The predicted octanol–water partition coefficient (Wildman–Crippen LogP) is 2.83. The molecule has 0 radical (unpaired) electrons. The molecule has 2 aliphatic heterocycles. The van der Waals surface area contributed by atoms with Crippen LogP contribution < -0.4 is 10.1 Å². The summed E-state index contributed by atoms with van der Waals surface area (Å²) in [5, 5.41) is 20.7. The van der Waals surface area contributed by atoms with E-state index in [1.165, 1.54) is 0 Å². The lowest BCUT2D eigenvalue weighted by Crippen LogP contribution is -2.40. The molecule has 1 saturated heterocycles. The molecule has 1 unspecified atom stereocenters. The van der Waals surface area contributed by atoms with E-state index in [2.05, 4.69) is 18.0 Å². The summed E-state index contributed by atoms with van der Waals surface area (Å²) in [5.41, 5.74) is 2.55. The number of nitriles is 1. The molecule has 1 aromatic carbocycles. The monoisotopic (exact) mass is 451 g/mol. The smallest absolute Gasteiger partial charge is 0.222 e. The molecule has 1 atom stereocenters. The summed E-state index contributed by atoms with van der Waals surface area (Å²) in [4.78, 5) is 27.2. The summed E-state index contributed by atoms with van der Waals surface area (Å²) < 4.78 is 6.03. The SMILES string of the molecule is C=C(NC)C(CCC=O)N1Cc2c(OCCCC(=O)N3CCC(C#N)CC3)cccc2C1=N. The van der Waals surface area contributed by atoms with Gasteiger partial charge in [0.1, 0.15) is 17.9 Å². The Balaban J connectivity index is 1.56. The van der Waals surface area contributed by atoms with Gasteiger partial charge in [0.15, 0.2) is 0 Å².